The molecule has 0 amide bonds. The van der Waals surface area contributed by atoms with E-state index in [1.54, 1.807) is 49.6 Å². The summed E-state index contributed by atoms with van der Waals surface area (Å²) in [5.74, 6) is 0.298. The average molecular weight is 393 g/mol. The van der Waals surface area contributed by atoms with Crippen molar-refractivity contribution in [1.29, 1.82) is 0 Å². The van der Waals surface area contributed by atoms with E-state index in [0.717, 1.165) is 4.47 Å². The number of ketones is 1. The Morgan fingerprint density at radius 1 is 1.08 bits per heavy atom. The maximum atomic E-state index is 12.2. The normalized spacial score (nSPS) is 11.5. The molecular formula is C18H17BrO5. The van der Waals surface area contributed by atoms with E-state index in [1.807, 2.05) is 6.07 Å². The van der Waals surface area contributed by atoms with Gasteiger partial charge >= 0.3 is 5.97 Å². The quantitative estimate of drug-likeness (QED) is 0.531. The third kappa shape index (κ3) is 5.09. The zero-order chi connectivity index (χ0) is 17.5. The number of ether oxygens (including phenoxy) is 3. The van der Waals surface area contributed by atoms with Gasteiger partial charge in [0.15, 0.2) is 12.7 Å². The molecule has 0 aliphatic heterocycles. The minimum Gasteiger partial charge on any atom is -0.497 e. The zero-order valence-electron chi connectivity index (χ0n) is 13.3. The van der Waals surface area contributed by atoms with Gasteiger partial charge in [0.25, 0.3) is 0 Å². The highest BCUT2D eigenvalue weighted by molar-refractivity contribution is 9.10. The molecule has 0 heterocycles. The van der Waals surface area contributed by atoms with E-state index in [2.05, 4.69) is 15.9 Å². The summed E-state index contributed by atoms with van der Waals surface area (Å²) in [6.45, 7) is 1.26. The summed E-state index contributed by atoms with van der Waals surface area (Å²) < 4.78 is 16.3. The van der Waals surface area contributed by atoms with Crippen LogP contribution in [0.3, 0.4) is 0 Å². The van der Waals surface area contributed by atoms with Crippen molar-refractivity contribution in [2.24, 2.45) is 0 Å². The Balaban J connectivity index is 1.87. The lowest BCUT2D eigenvalue weighted by atomic mass is 10.1. The number of Topliss-reactive ketones (excluding diaryl/α,β-unsaturated/α-hetero) is 1. The van der Waals surface area contributed by atoms with Gasteiger partial charge in [0, 0.05) is 10.0 Å². The summed E-state index contributed by atoms with van der Waals surface area (Å²) in [5, 5.41) is 0. The summed E-state index contributed by atoms with van der Waals surface area (Å²) >= 11 is 3.31. The summed E-state index contributed by atoms with van der Waals surface area (Å²) in [4.78, 5) is 24.1. The van der Waals surface area contributed by atoms with Crippen LogP contribution >= 0.6 is 15.9 Å². The molecule has 2 rings (SSSR count). The van der Waals surface area contributed by atoms with Crippen molar-refractivity contribution >= 4 is 27.7 Å². The molecule has 6 heteroatoms. The molecule has 2 aromatic carbocycles. The van der Waals surface area contributed by atoms with Gasteiger partial charge < -0.3 is 14.2 Å². The lowest BCUT2D eigenvalue weighted by Crippen LogP contribution is -2.27. The van der Waals surface area contributed by atoms with E-state index >= 15 is 0 Å². The van der Waals surface area contributed by atoms with Gasteiger partial charge in [-0.15, -0.1) is 0 Å². The second kappa shape index (κ2) is 8.49. The molecule has 1 unspecified atom stereocenters. The van der Waals surface area contributed by atoms with Crippen LogP contribution in [0.4, 0.5) is 0 Å². The molecule has 0 fully saturated rings. The first-order valence-corrected chi connectivity index (χ1v) is 8.05. The fourth-order valence-electron chi connectivity index (χ4n) is 1.97. The second-order valence-corrected chi connectivity index (χ2v) is 5.89. The monoisotopic (exact) mass is 392 g/mol. The molecule has 0 N–H and O–H groups in total. The van der Waals surface area contributed by atoms with Gasteiger partial charge in [-0.05, 0) is 49.4 Å². The van der Waals surface area contributed by atoms with Crippen molar-refractivity contribution in [2.75, 3.05) is 13.7 Å². The number of rotatable bonds is 7. The molecule has 2 aromatic rings. The topological polar surface area (TPSA) is 61.8 Å². The first-order chi connectivity index (χ1) is 11.5. The molecule has 0 spiro atoms. The number of carbonyl (C=O) groups excluding carboxylic acids is 2. The first-order valence-electron chi connectivity index (χ1n) is 7.25. The highest BCUT2D eigenvalue weighted by Gasteiger charge is 2.19. The van der Waals surface area contributed by atoms with E-state index in [1.165, 1.54) is 6.92 Å². The van der Waals surface area contributed by atoms with Crippen LogP contribution in [-0.2, 0) is 9.53 Å². The number of benzene rings is 2. The third-order valence-corrected chi connectivity index (χ3v) is 3.70. The molecule has 1 atom stereocenters. The largest absolute Gasteiger partial charge is 0.497 e. The van der Waals surface area contributed by atoms with Crippen LogP contribution in [0.5, 0.6) is 11.5 Å². The van der Waals surface area contributed by atoms with E-state index in [0.29, 0.717) is 17.1 Å². The van der Waals surface area contributed by atoms with Crippen molar-refractivity contribution < 1.29 is 23.8 Å². The first kappa shape index (κ1) is 18.0. The third-order valence-electron chi connectivity index (χ3n) is 3.20. The maximum absolute atomic E-state index is 12.2. The highest BCUT2D eigenvalue weighted by atomic mass is 79.9. The number of halogens is 1. The van der Waals surface area contributed by atoms with E-state index < -0.39 is 12.1 Å². The Labute approximate surface area is 148 Å². The minimum atomic E-state index is -0.892. The van der Waals surface area contributed by atoms with Crippen LogP contribution in [0.2, 0.25) is 0 Å². The lowest BCUT2D eigenvalue weighted by molar-refractivity contribution is -0.148. The molecule has 0 bridgehead atoms. The van der Waals surface area contributed by atoms with Gasteiger partial charge in [-0.1, -0.05) is 22.0 Å². The summed E-state index contributed by atoms with van der Waals surface area (Å²) in [6, 6.07) is 13.7. The summed E-state index contributed by atoms with van der Waals surface area (Å²) in [6.07, 6.45) is -0.892. The molecule has 0 saturated heterocycles. The highest BCUT2D eigenvalue weighted by Crippen LogP contribution is 2.18. The number of methoxy groups -OCH3 is 1. The molecule has 0 radical (unpaired) electrons. The fourth-order valence-corrected chi connectivity index (χ4v) is 2.35. The van der Waals surface area contributed by atoms with Crippen molar-refractivity contribution in [3.05, 3.63) is 58.6 Å². The zero-order valence-corrected chi connectivity index (χ0v) is 14.9. The second-order valence-electron chi connectivity index (χ2n) is 4.97. The van der Waals surface area contributed by atoms with Crippen molar-refractivity contribution in [1.82, 2.24) is 0 Å². The van der Waals surface area contributed by atoms with E-state index in [-0.39, 0.29) is 12.4 Å². The molecule has 24 heavy (non-hydrogen) atoms. The standard InChI is InChI=1S/C18H17BrO5/c1-12(18(21)13-6-8-15(22-2)9-7-13)24-17(20)11-23-16-5-3-4-14(19)10-16/h3-10,12H,11H2,1-2H3. The molecule has 126 valence electrons. The number of hydrogen-bond acceptors (Lipinski definition) is 5. The van der Waals surface area contributed by atoms with Crippen molar-refractivity contribution in [3.8, 4) is 11.5 Å². The smallest absolute Gasteiger partial charge is 0.344 e. The van der Waals surface area contributed by atoms with Crippen molar-refractivity contribution in [3.63, 3.8) is 0 Å². The Morgan fingerprint density at radius 3 is 2.42 bits per heavy atom. The summed E-state index contributed by atoms with van der Waals surface area (Å²) in [5.41, 5.74) is 0.448. The van der Waals surface area contributed by atoms with Crippen LogP contribution in [0.15, 0.2) is 53.0 Å². The molecular weight excluding hydrogens is 376 g/mol. The number of hydrogen-bond donors (Lipinski definition) is 0. The van der Waals surface area contributed by atoms with Crippen molar-refractivity contribution in [2.45, 2.75) is 13.0 Å². The Morgan fingerprint density at radius 2 is 1.79 bits per heavy atom. The van der Waals surface area contributed by atoms with Gasteiger partial charge in [0.2, 0.25) is 5.78 Å². The molecule has 5 nitrogen and oxygen atoms in total. The lowest BCUT2D eigenvalue weighted by Gasteiger charge is -2.13. The SMILES string of the molecule is COc1ccc(C(=O)C(C)OC(=O)COc2cccc(Br)c2)cc1. The van der Waals surface area contributed by atoms with Gasteiger partial charge in [-0.25, -0.2) is 4.79 Å². The van der Waals surface area contributed by atoms with Crippen LogP contribution in [-0.4, -0.2) is 31.6 Å². The molecule has 0 aliphatic carbocycles. The van der Waals surface area contributed by atoms with E-state index in [9.17, 15) is 9.59 Å². The summed E-state index contributed by atoms with van der Waals surface area (Å²) in [7, 11) is 1.55. The van der Waals surface area contributed by atoms with Gasteiger partial charge in [0.1, 0.15) is 11.5 Å². The fraction of sp³-hybridized carbons (Fsp3) is 0.222. The van der Waals surface area contributed by atoms with Gasteiger partial charge in [-0.3, -0.25) is 4.79 Å². The van der Waals surface area contributed by atoms with Crippen LogP contribution in [0, 0.1) is 0 Å². The predicted octanol–water partition coefficient (Wildman–Crippen LogP) is 3.65. The molecule has 0 saturated carbocycles. The maximum Gasteiger partial charge on any atom is 0.344 e. The Hall–Kier alpha value is -2.34. The van der Waals surface area contributed by atoms with Gasteiger partial charge in [-0.2, -0.15) is 0 Å². The van der Waals surface area contributed by atoms with Crippen LogP contribution in [0.25, 0.3) is 0 Å². The Kier molecular flexibility index (Phi) is 6.37. The number of carbonyl (C=O) groups is 2. The minimum absolute atomic E-state index is 0.267. The van der Waals surface area contributed by atoms with Gasteiger partial charge in [0.05, 0.1) is 7.11 Å². The molecule has 0 aromatic heterocycles. The Bertz CT molecular complexity index is 712. The number of esters is 1. The van der Waals surface area contributed by atoms with Crippen LogP contribution in [0.1, 0.15) is 17.3 Å². The average Bonchev–Trinajstić information content (AvgIpc) is 2.59. The molecule has 0 aliphatic rings. The van der Waals surface area contributed by atoms with Crippen LogP contribution < -0.4 is 9.47 Å². The van der Waals surface area contributed by atoms with E-state index in [4.69, 9.17) is 14.2 Å². The predicted molar refractivity (Wildman–Crippen MR) is 92.5 cm³/mol.